The van der Waals surface area contributed by atoms with Crippen molar-refractivity contribution in [1.29, 1.82) is 0 Å². The Balaban J connectivity index is 1.80. The number of hydrogen-bond donors (Lipinski definition) is 0. The fourth-order valence-electron chi connectivity index (χ4n) is 2.63. The van der Waals surface area contributed by atoms with E-state index < -0.39 is 0 Å². The zero-order chi connectivity index (χ0) is 17.5. The van der Waals surface area contributed by atoms with Gasteiger partial charge in [0.25, 0.3) is 0 Å². The zero-order valence-electron chi connectivity index (χ0n) is 13.6. The van der Waals surface area contributed by atoms with Crippen LogP contribution in [-0.2, 0) is 20.1 Å². The van der Waals surface area contributed by atoms with Crippen molar-refractivity contribution in [3.05, 3.63) is 33.8 Å². The predicted molar refractivity (Wildman–Crippen MR) is 98.6 cm³/mol. The second-order valence-corrected chi connectivity index (χ2v) is 7.49. The van der Waals surface area contributed by atoms with Crippen molar-refractivity contribution in [3.63, 3.8) is 0 Å². The molecule has 1 amide bonds. The van der Waals surface area contributed by atoms with Gasteiger partial charge in [0, 0.05) is 28.9 Å². The first-order valence-electron chi connectivity index (χ1n) is 7.97. The van der Waals surface area contributed by atoms with Gasteiger partial charge in [-0.3, -0.25) is 9.59 Å². The van der Waals surface area contributed by atoms with Gasteiger partial charge in [-0.15, -0.1) is 11.8 Å². The number of rotatable bonds is 6. The number of nitrogens with zero attached hydrogens (tertiary/aromatic N) is 1. The molecule has 0 radical (unpaired) electrons. The van der Waals surface area contributed by atoms with Crippen LogP contribution in [0.5, 0.6) is 0 Å². The van der Waals surface area contributed by atoms with Crippen LogP contribution in [0.25, 0.3) is 0 Å². The lowest BCUT2D eigenvalue weighted by Gasteiger charge is -2.31. The minimum Gasteiger partial charge on any atom is -0.466 e. The Morgan fingerprint density at radius 2 is 2.17 bits per heavy atom. The van der Waals surface area contributed by atoms with Crippen molar-refractivity contribution in [2.24, 2.45) is 5.92 Å². The van der Waals surface area contributed by atoms with E-state index >= 15 is 0 Å². The first-order chi connectivity index (χ1) is 11.5. The number of hydrogen-bond acceptors (Lipinski definition) is 4. The monoisotopic (exact) mass is 389 g/mol. The highest BCUT2D eigenvalue weighted by molar-refractivity contribution is 7.99. The predicted octanol–water partition coefficient (Wildman–Crippen LogP) is 4.03. The maximum absolute atomic E-state index is 12.4. The van der Waals surface area contributed by atoms with Gasteiger partial charge in [-0.1, -0.05) is 29.3 Å². The molecule has 24 heavy (non-hydrogen) atoms. The van der Waals surface area contributed by atoms with Gasteiger partial charge in [-0.05, 0) is 37.5 Å². The molecular formula is C17H21Cl2NO3S. The zero-order valence-corrected chi connectivity index (χ0v) is 15.9. The Labute approximate surface area is 156 Å². The average molecular weight is 390 g/mol. The number of ether oxygens (including phenoxy) is 1. The third kappa shape index (κ3) is 5.57. The summed E-state index contributed by atoms with van der Waals surface area (Å²) < 4.78 is 5.06. The Kier molecular flexibility index (Phi) is 7.72. The summed E-state index contributed by atoms with van der Waals surface area (Å²) in [7, 11) is 0. The third-order valence-corrected chi connectivity index (χ3v) is 5.45. The van der Waals surface area contributed by atoms with Crippen LogP contribution in [0.1, 0.15) is 25.3 Å². The van der Waals surface area contributed by atoms with Crippen molar-refractivity contribution in [1.82, 2.24) is 4.90 Å². The number of benzene rings is 1. The Morgan fingerprint density at radius 1 is 1.38 bits per heavy atom. The van der Waals surface area contributed by atoms with E-state index in [0.29, 0.717) is 41.2 Å². The molecule has 0 unspecified atom stereocenters. The van der Waals surface area contributed by atoms with Crippen molar-refractivity contribution >= 4 is 46.8 Å². The number of thioether (sulfide) groups is 1. The van der Waals surface area contributed by atoms with Gasteiger partial charge in [-0.25, -0.2) is 0 Å². The molecule has 0 N–H and O–H groups in total. The van der Waals surface area contributed by atoms with E-state index in [-0.39, 0.29) is 17.8 Å². The summed E-state index contributed by atoms with van der Waals surface area (Å²) in [6, 6.07) is 5.37. The molecule has 1 aliphatic heterocycles. The summed E-state index contributed by atoms with van der Waals surface area (Å²) in [5.41, 5.74) is 0.960. The van der Waals surface area contributed by atoms with Crippen molar-refractivity contribution in [2.75, 3.05) is 25.4 Å². The maximum Gasteiger partial charge on any atom is 0.310 e. The number of likely N-dealkylation sites (tertiary alicyclic amines) is 1. The summed E-state index contributed by atoms with van der Waals surface area (Å²) in [5.74, 6) is 0.679. The van der Waals surface area contributed by atoms with Crippen LogP contribution in [-0.4, -0.2) is 42.2 Å². The van der Waals surface area contributed by atoms with Crippen LogP contribution in [0.4, 0.5) is 0 Å². The molecule has 1 saturated heterocycles. The van der Waals surface area contributed by atoms with Gasteiger partial charge >= 0.3 is 5.97 Å². The van der Waals surface area contributed by atoms with Crippen LogP contribution < -0.4 is 0 Å². The van der Waals surface area contributed by atoms with E-state index in [2.05, 4.69) is 0 Å². The fraction of sp³-hybridized carbons (Fsp3) is 0.529. The van der Waals surface area contributed by atoms with Crippen LogP contribution in [0, 0.1) is 5.92 Å². The van der Waals surface area contributed by atoms with Crippen molar-refractivity contribution < 1.29 is 14.3 Å². The molecule has 0 aliphatic carbocycles. The lowest BCUT2D eigenvalue weighted by atomic mass is 9.98. The molecular weight excluding hydrogens is 369 g/mol. The largest absolute Gasteiger partial charge is 0.466 e. The maximum atomic E-state index is 12.4. The molecule has 1 aromatic rings. The Bertz CT molecular complexity index is 597. The van der Waals surface area contributed by atoms with E-state index in [1.807, 2.05) is 6.07 Å². The quantitative estimate of drug-likeness (QED) is 0.689. The Hall–Kier alpha value is -0.910. The van der Waals surface area contributed by atoms with Crippen LogP contribution in [0.15, 0.2) is 18.2 Å². The topological polar surface area (TPSA) is 46.6 Å². The molecule has 4 nitrogen and oxygen atoms in total. The van der Waals surface area contributed by atoms with Gasteiger partial charge in [0.15, 0.2) is 0 Å². The number of carbonyl (C=O) groups excluding carboxylic acids is 2. The number of halogens is 2. The minimum absolute atomic E-state index is 0.0547. The molecule has 7 heteroatoms. The van der Waals surface area contributed by atoms with E-state index in [4.69, 9.17) is 27.9 Å². The molecule has 1 fully saturated rings. The number of amides is 1. The fourth-order valence-corrected chi connectivity index (χ4v) is 4.12. The Morgan fingerprint density at radius 3 is 2.88 bits per heavy atom. The highest BCUT2D eigenvalue weighted by Crippen LogP contribution is 2.25. The number of esters is 1. The van der Waals surface area contributed by atoms with Gasteiger partial charge in [-0.2, -0.15) is 0 Å². The summed E-state index contributed by atoms with van der Waals surface area (Å²) in [4.78, 5) is 26.0. The van der Waals surface area contributed by atoms with E-state index in [1.165, 1.54) is 11.8 Å². The normalized spacial score (nSPS) is 17.6. The lowest BCUT2D eigenvalue weighted by Crippen LogP contribution is -2.43. The summed E-state index contributed by atoms with van der Waals surface area (Å²) in [6.07, 6.45) is 1.62. The SMILES string of the molecule is CCOC(=O)[C@@H]1CCCN(C(=O)CSCc2ccc(Cl)cc2Cl)C1. The van der Waals surface area contributed by atoms with Gasteiger partial charge < -0.3 is 9.64 Å². The molecule has 0 spiro atoms. The first-order valence-corrected chi connectivity index (χ1v) is 9.88. The van der Waals surface area contributed by atoms with Crippen molar-refractivity contribution in [3.8, 4) is 0 Å². The molecule has 1 aliphatic rings. The smallest absolute Gasteiger partial charge is 0.310 e. The summed E-state index contributed by atoms with van der Waals surface area (Å²) in [6.45, 7) is 3.33. The average Bonchev–Trinajstić information content (AvgIpc) is 2.57. The lowest BCUT2D eigenvalue weighted by molar-refractivity contribution is -0.151. The molecule has 1 aromatic carbocycles. The van der Waals surface area contributed by atoms with Crippen LogP contribution in [0.2, 0.25) is 10.0 Å². The van der Waals surface area contributed by atoms with Gasteiger partial charge in [0.1, 0.15) is 0 Å². The summed E-state index contributed by atoms with van der Waals surface area (Å²) >= 11 is 13.5. The molecule has 1 heterocycles. The van der Waals surface area contributed by atoms with E-state index in [9.17, 15) is 9.59 Å². The second-order valence-electron chi connectivity index (χ2n) is 5.66. The van der Waals surface area contributed by atoms with Crippen LogP contribution >= 0.6 is 35.0 Å². The third-order valence-electron chi connectivity index (χ3n) is 3.89. The first kappa shape index (κ1) is 19.4. The standard InChI is InChI=1S/C17H21Cl2NO3S/c1-2-23-17(22)12-4-3-7-20(9-12)16(21)11-24-10-13-5-6-14(18)8-15(13)19/h5-6,8,12H,2-4,7,9-11H2,1H3/t12-/m1/s1. The number of carbonyl (C=O) groups is 2. The minimum atomic E-state index is -0.199. The molecule has 132 valence electrons. The van der Waals surface area contributed by atoms with Crippen LogP contribution in [0.3, 0.4) is 0 Å². The molecule has 0 bridgehead atoms. The molecule has 1 atom stereocenters. The van der Waals surface area contributed by atoms with Gasteiger partial charge in [0.2, 0.25) is 5.91 Å². The van der Waals surface area contributed by atoms with Crippen molar-refractivity contribution in [2.45, 2.75) is 25.5 Å². The van der Waals surface area contributed by atoms with E-state index in [1.54, 1.807) is 24.0 Å². The van der Waals surface area contributed by atoms with Gasteiger partial charge in [0.05, 0.1) is 18.3 Å². The highest BCUT2D eigenvalue weighted by Gasteiger charge is 2.29. The molecule has 2 rings (SSSR count). The second kappa shape index (κ2) is 9.54. The molecule has 0 aromatic heterocycles. The summed E-state index contributed by atoms with van der Waals surface area (Å²) in [5, 5.41) is 1.21. The number of piperidine rings is 1. The van der Waals surface area contributed by atoms with E-state index in [0.717, 1.165) is 18.4 Å². The molecule has 0 saturated carbocycles. The highest BCUT2D eigenvalue weighted by atomic mass is 35.5.